The molecule has 1 unspecified atom stereocenters. The number of hydrogen-bond acceptors (Lipinski definition) is 5. The minimum absolute atomic E-state index is 0.183. The molecule has 0 bridgehead atoms. The Kier molecular flexibility index (Phi) is 9.89. The summed E-state index contributed by atoms with van der Waals surface area (Å²) in [5.74, 6) is -2.97. The van der Waals surface area contributed by atoms with Gasteiger partial charge in [0.05, 0.1) is 6.61 Å². The minimum atomic E-state index is -1.05. The van der Waals surface area contributed by atoms with Crippen LogP contribution in [0.4, 0.5) is 0 Å². The van der Waals surface area contributed by atoms with Gasteiger partial charge in [0.15, 0.2) is 11.6 Å². The predicted octanol–water partition coefficient (Wildman–Crippen LogP) is 3.80. The summed E-state index contributed by atoms with van der Waals surface area (Å²) in [7, 11) is 0. The summed E-state index contributed by atoms with van der Waals surface area (Å²) in [5, 5.41) is 8.78. The van der Waals surface area contributed by atoms with E-state index in [0.29, 0.717) is 24.2 Å². The first kappa shape index (κ1) is 22.8. The van der Waals surface area contributed by atoms with Gasteiger partial charge < -0.3 is 9.84 Å². The standard InChI is InChI=1S/2C11H12O3/c1-2-14-11(13)8-10(12)9-6-4-3-5-7-9;1-2-9(11(13)14)10(12)8-6-4-3-5-7-8/h3-7H,2,8H2,1H3;3-7,9H,2H2,1H3,(H,13,14). The number of ether oxygens (including phenoxy) is 1. The van der Waals surface area contributed by atoms with Gasteiger partial charge in [-0.3, -0.25) is 19.2 Å². The fraction of sp³-hybridized carbons (Fsp3) is 0.273. The number of rotatable bonds is 8. The molecule has 0 aliphatic heterocycles. The number of ketones is 2. The van der Waals surface area contributed by atoms with E-state index in [1.54, 1.807) is 68.4 Å². The molecule has 2 rings (SSSR count). The molecule has 0 saturated carbocycles. The molecule has 6 nitrogen and oxygen atoms in total. The molecule has 0 saturated heterocycles. The van der Waals surface area contributed by atoms with Gasteiger partial charge in [0, 0.05) is 11.1 Å². The first-order valence-electron chi connectivity index (χ1n) is 8.96. The molecule has 6 heteroatoms. The summed E-state index contributed by atoms with van der Waals surface area (Å²) in [5.41, 5.74) is 1.00. The molecule has 0 heterocycles. The van der Waals surface area contributed by atoms with Gasteiger partial charge in [-0.15, -0.1) is 0 Å². The van der Waals surface area contributed by atoms with Crippen LogP contribution in [0.5, 0.6) is 0 Å². The number of benzene rings is 2. The van der Waals surface area contributed by atoms with Gasteiger partial charge in [0.1, 0.15) is 12.3 Å². The molecule has 1 atom stereocenters. The third kappa shape index (κ3) is 7.53. The van der Waals surface area contributed by atoms with Crippen molar-refractivity contribution < 1.29 is 29.0 Å². The Morgan fingerprint density at radius 1 is 0.857 bits per heavy atom. The monoisotopic (exact) mass is 384 g/mol. The van der Waals surface area contributed by atoms with Gasteiger partial charge in [0.2, 0.25) is 0 Å². The number of carboxylic acid groups (broad SMARTS) is 1. The molecule has 28 heavy (non-hydrogen) atoms. The van der Waals surface area contributed by atoms with Gasteiger partial charge >= 0.3 is 11.9 Å². The molecule has 148 valence electrons. The molecule has 2 aromatic rings. The van der Waals surface area contributed by atoms with Crippen molar-refractivity contribution in [3.05, 3.63) is 71.8 Å². The third-order valence-electron chi connectivity index (χ3n) is 3.79. The Morgan fingerprint density at radius 3 is 1.79 bits per heavy atom. The summed E-state index contributed by atoms with van der Waals surface area (Å²) in [6.45, 7) is 3.71. The lowest BCUT2D eigenvalue weighted by atomic mass is 9.95. The average molecular weight is 384 g/mol. The zero-order valence-corrected chi connectivity index (χ0v) is 16.0. The van der Waals surface area contributed by atoms with Crippen LogP contribution in [0.1, 0.15) is 47.4 Å². The van der Waals surface area contributed by atoms with Crippen LogP contribution in [0.2, 0.25) is 0 Å². The van der Waals surface area contributed by atoms with Crippen LogP contribution in [-0.4, -0.2) is 35.2 Å². The minimum Gasteiger partial charge on any atom is -0.481 e. The molecule has 0 spiro atoms. The van der Waals surface area contributed by atoms with Crippen molar-refractivity contribution in [1.29, 1.82) is 0 Å². The van der Waals surface area contributed by atoms with Crippen molar-refractivity contribution in [2.45, 2.75) is 26.7 Å². The molecular formula is C22H24O6. The van der Waals surface area contributed by atoms with Crippen molar-refractivity contribution >= 4 is 23.5 Å². The van der Waals surface area contributed by atoms with E-state index in [9.17, 15) is 19.2 Å². The smallest absolute Gasteiger partial charge is 0.314 e. The SMILES string of the molecule is CCC(C(=O)O)C(=O)c1ccccc1.CCOC(=O)CC(=O)c1ccccc1. The van der Waals surface area contributed by atoms with Crippen LogP contribution >= 0.6 is 0 Å². The highest BCUT2D eigenvalue weighted by molar-refractivity contribution is 6.08. The number of hydrogen-bond donors (Lipinski definition) is 1. The van der Waals surface area contributed by atoms with Gasteiger partial charge in [-0.25, -0.2) is 0 Å². The highest BCUT2D eigenvalue weighted by Crippen LogP contribution is 2.12. The molecule has 0 fully saturated rings. The second-order valence-corrected chi connectivity index (χ2v) is 5.80. The zero-order chi connectivity index (χ0) is 20.9. The molecular weight excluding hydrogens is 360 g/mol. The van der Waals surface area contributed by atoms with E-state index < -0.39 is 17.9 Å². The summed E-state index contributed by atoms with van der Waals surface area (Å²) in [4.78, 5) is 44.8. The maximum Gasteiger partial charge on any atom is 0.314 e. The van der Waals surface area contributed by atoms with E-state index in [-0.39, 0.29) is 18.0 Å². The van der Waals surface area contributed by atoms with E-state index in [1.807, 2.05) is 6.07 Å². The van der Waals surface area contributed by atoms with Crippen molar-refractivity contribution in [3.8, 4) is 0 Å². The van der Waals surface area contributed by atoms with Crippen LogP contribution in [-0.2, 0) is 14.3 Å². The largest absolute Gasteiger partial charge is 0.481 e. The highest BCUT2D eigenvalue weighted by atomic mass is 16.5. The van der Waals surface area contributed by atoms with E-state index in [1.165, 1.54) is 0 Å². The van der Waals surface area contributed by atoms with E-state index in [4.69, 9.17) is 5.11 Å². The Hall–Kier alpha value is -3.28. The third-order valence-corrected chi connectivity index (χ3v) is 3.79. The molecule has 0 amide bonds. The van der Waals surface area contributed by atoms with E-state index in [2.05, 4.69) is 4.74 Å². The number of carboxylic acids is 1. The molecule has 2 aromatic carbocycles. The normalized spacial score (nSPS) is 10.8. The number of aliphatic carboxylic acids is 1. The van der Waals surface area contributed by atoms with Crippen LogP contribution < -0.4 is 0 Å². The number of esters is 1. The van der Waals surface area contributed by atoms with Gasteiger partial charge in [-0.1, -0.05) is 67.6 Å². The van der Waals surface area contributed by atoms with Gasteiger partial charge in [-0.2, -0.15) is 0 Å². The van der Waals surface area contributed by atoms with Gasteiger partial charge in [0.25, 0.3) is 0 Å². The summed E-state index contributed by atoms with van der Waals surface area (Å²) in [6.07, 6.45) is 0.140. The lowest BCUT2D eigenvalue weighted by molar-refractivity contribution is -0.142. The Morgan fingerprint density at radius 2 is 1.36 bits per heavy atom. The second-order valence-electron chi connectivity index (χ2n) is 5.80. The topological polar surface area (TPSA) is 97.7 Å². The van der Waals surface area contributed by atoms with Crippen molar-refractivity contribution in [1.82, 2.24) is 0 Å². The van der Waals surface area contributed by atoms with Crippen LogP contribution in [0.25, 0.3) is 0 Å². The summed E-state index contributed by atoms with van der Waals surface area (Å²) in [6, 6.07) is 17.2. The highest BCUT2D eigenvalue weighted by Gasteiger charge is 2.24. The Balaban J connectivity index is 0.000000280. The molecule has 0 aliphatic rings. The number of Topliss-reactive ketones (excluding diaryl/α,β-unsaturated/α-hetero) is 2. The summed E-state index contributed by atoms with van der Waals surface area (Å²) < 4.78 is 4.67. The van der Waals surface area contributed by atoms with Crippen molar-refractivity contribution in [2.75, 3.05) is 6.61 Å². The predicted molar refractivity (Wildman–Crippen MR) is 104 cm³/mol. The molecule has 0 radical (unpaired) electrons. The maximum absolute atomic E-state index is 11.6. The lowest BCUT2D eigenvalue weighted by Crippen LogP contribution is -2.22. The van der Waals surface area contributed by atoms with Crippen molar-refractivity contribution in [3.63, 3.8) is 0 Å². The summed E-state index contributed by atoms with van der Waals surface area (Å²) >= 11 is 0. The molecule has 0 aromatic heterocycles. The first-order valence-corrected chi connectivity index (χ1v) is 8.96. The quantitative estimate of drug-likeness (QED) is 0.422. The van der Waals surface area contributed by atoms with Gasteiger partial charge in [-0.05, 0) is 13.3 Å². The Labute approximate surface area is 164 Å². The van der Waals surface area contributed by atoms with E-state index in [0.717, 1.165) is 0 Å². The fourth-order valence-corrected chi connectivity index (χ4v) is 2.34. The lowest BCUT2D eigenvalue weighted by Gasteiger charge is -2.07. The Bertz CT molecular complexity index is 781. The zero-order valence-electron chi connectivity index (χ0n) is 16.0. The van der Waals surface area contributed by atoms with E-state index >= 15 is 0 Å². The second kappa shape index (κ2) is 12.2. The molecule has 1 N–H and O–H groups in total. The first-order chi connectivity index (χ1) is 13.4. The fourth-order valence-electron chi connectivity index (χ4n) is 2.34. The van der Waals surface area contributed by atoms with Crippen LogP contribution in [0, 0.1) is 5.92 Å². The number of carbonyl (C=O) groups excluding carboxylic acids is 3. The van der Waals surface area contributed by atoms with Crippen molar-refractivity contribution in [2.24, 2.45) is 5.92 Å². The van der Waals surface area contributed by atoms with Crippen LogP contribution in [0.15, 0.2) is 60.7 Å². The number of carbonyl (C=O) groups is 4. The average Bonchev–Trinajstić information content (AvgIpc) is 2.70. The maximum atomic E-state index is 11.6. The molecule has 0 aliphatic carbocycles. The van der Waals surface area contributed by atoms with Crippen LogP contribution in [0.3, 0.4) is 0 Å².